The van der Waals surface area contributed by atoms with Crippen LogP contribution in [0, 0.1) is 5.92 Å². The Morgan fingerprint density at radius 1 is 1.00 bits per heavy atom. The van der Waals surface area contributed by atoms with E-state index in [4.69, 9.17) is 23.2 Å². The lowest BCUT2D eigenvalue weighted by Crippen LogP contribution is -2.30. The lowest BCUT2D eigenvalue weighted by atomic mass is 9.76. The quantitative estimate of drug-likeness (QED) is 0.433. The van der Waals surface area contributed by atoms with Gasteiger partial charge in [-0.05, 0) is 59.9 Å². The van der Waals surface area contributed by atoms with Gasteiger partial charge in [-0.15, -0.1) is 0 Å². The Kier molecular flexibility index (Phi) is 5.25. The van der Waals surface area contributed by atoms with E-state index in [2.05, 4.69) is 17.5 Å². The van der Waals surface area contributed by atoms with Crippen LogP contribution in [0.4, 0.5) is 11.4 Å². The number of allylic oxidation sites excluding steroid dienone is 2. The highest BCUT2D eigenvalue weighted by atomic mass is 35.5. The number of rotatable bonds is 3. The Morgan fingerprint density at radius 2 is 1.81 bits per heavy atom. The van der Waals surface area contributed by atoms with Crippen LogP contribution in [0.2, 0.25) is 10.0 Å². The smallest absolute Gasteiger partial charge is 0.258 e. The fourth-order valence-electron chi connectivity index (χ4n) is 4.76. The van der Waals surface area contributed by atoms with Gasteiger partial charge in [-0.1, -0.05) is 65.7 Å². The largest absolute Gasteiger partial charge is 0.378 e. The summed E-state index contributed by atoms with van der Waals surface area (Å²) in [5, 5.41) is 4.84. The molecule has 156 valence electrons. The number of fused-ring (bicyclic) bond motifs is 3. The molecule has 3 aromatic carbocycles. The molecular weight excluding hydrogens is 427 g/mol. The maximum atomic E-state index is 13.1. The highest BCUT2D eigenvalue weighted by Crippen LogP contribution is 2.51. The molecule has 0 fully saturated rings. The molecule has 0 saturated carbocycles. The number of para-hydroxylation sites is 1. The zero-order chi connectivity index (χ0) is 21.5. The molecule has 3 nitrogen and oxygen atoms in total. The second-order valence-corrected chi connectivity index (χ2v) is 8.91. The first-order valence-electron chi connectivity index (χ1n) is 10.4. The molecule has 0 saturated heterocycles. The molecule has 1 heterocycles. The second-order valence-electron chi connectivity index (χ2n) is 8.12. The summed E-state index contributed by atoms with van der Waals surface area (Å²) in [6.45, 7) is 0. The van der Waals surface area contributed by atoms with Gasteiger partial charge in [-0.2, -0.15) is 0 Å². The maximum Gasteiger partial charge on any atom is 0.258 e. The standard InChI is InChI=1S/C26H22Cl2N2O/c1-30(17-7-3-2-4-8-17)26(31)16-13-14-23-21(15-16)18-9-5-10-19(18)25(29-23)20-11-6-12-22(27)24(20)28/h2-9,11-15,18-19,25,29H,10H2,1H3. The molecule has 5 rings (SSSR count). The van der Waals surface area contributed by atoms with Gasteiger partial charge in [0.25, 0.3) is 5.91 Å². The molecule has 1 aliphatic heterocycles. The maximum absolute atomic E-state index is 13.1. The third-order valence-corrected chi connectivity index (χ3v) is 7.21. The van der Waals surface area contributed by atoms with Crippen LogP contribution in [0.25, 0.3) is 0 Å². The van der Waals surface area contributed by atoms with Crippen LogP contribution in [-0.2, 0) is 0 Å². The van der Waals surface area contributed by atoms with Crippen LogP contribution in [0.5, 0.6) is 0 Å². The number of carbonyl (C=O) groups is 1. The summed E-state index contributed by atoms with van der Waals surface area (Å²) in [4.78, 5) is 14.8. The molecule has 3 aromatic rings. The number of carbonyl (C=O) groups excluding carboxylic acids is 1. The van der Waals surface area contributed by atoms with Gasteiger partial charge in [-0.3, -0.25) is 4.79 Å². The summed E-state index contributed by atoms with van der Waals surface area (Å²) in [5.41, 5.74) is 4.76. The van der Waals surface area contributed by atoms with Gasteiger partial charge >= 0.3 is 0 Å². The molecule has 1 N–H and O–H groups in total. The van der Waals surface area contributed by atoms with E-state index in [0.29, 0.717) is 21.5 Å². The lowest BCUT2D eigenvalue weighted by molar-refractivity contribution is 0.0993. The predicted octanol–water partition coefficient (Wildman–Crippen LogP) is 7.10. The normalized spacial score (nSPS) is 21.2. The Balaban J connectivity index is 1.50. The monoisotopic (exact) mass is 448 g/mol. The number of halogens is 2. The average Bonchev–Trinajstić information content (AvgIpc) is 3.30. The third-order valence-electron chi connectivity index (χ3n) is 6.37. The Bertz CT molecular complexity index is 1180. The molecule has 2 aliphatic rings. The Labute approximate surface area is 192 Å². The molecule has 1 amide bonds. The van der Waals surface area contributed by atoms with E-state index in [9.17, 15) is 4.79 Å². The highest BCUT2D eigenvalue weighted by molar-refractivity contribution is 6.42. The number of nitrogens with zero attached hydrogens (tertiary/aromatic N) is 1. The van der Waals surface area contributed by atoms with E-state index < -0.39 is 0 Å². The fraction of sp³-hybridized carbons (Fsp3) is 0.192. The SMILES string of the molecule is CN(C(=O)c1ccc2c(c1)C1C=CCC1C(c1cccc(Cl)c1Cl)N2)c1ccccc1. The van der Waals surface area contributed by atoms with Gasteiger partial charge in [0.2, 0.25) is 0 Å². The topological polar surface area (TPSA) is 32.3 Å². The van der Waals surface area contributed by atoms with Crippen molar-refractivity contribution in [3.05, 3.63) is 106 Å². The van der Waals surface area contributed by atoms with Gasteiger partial charge in [-0.25, -0.2) is 0 Å². The molecular formula is C26H22Cl2N2O. The van der Waals surface area contributed by atoms with Crippen molar-refractivity contribution in [1.82, 2.24) is 0 Å². The lowest BCUT2D eigenvalue weighted by Gasteiger charge is -2.38. The first kappa shape index (κ1) is 20.2. The number of hydrogen-bond acceptors (Lipinski definition) is 2. The predicted molar refractivity (Wildman–Crippen MR) is 128 cm³/mol. The van der Waals surface area contributed by atoms with E-state index in [1.165, 1.54) is 0 Å². The number of hydrogen-bond donors (Lipinski definition) is 1. The molecule has 0 radical (unpaired) electrons. The van der Waals surface area contributed by atoms with E-state index >= 15 is 0 Å². The van der Waals surface area contributed by atoms with Gasteiger partial charge in [0.05, 0.1) is 16.1 Å². The van der Waals surface area contributed by atoms with Crippen molar-refractivity contribution in [2.45, 2.75) is 18.4 Å². The van der Waals surface area contributed by atoms with Crippen LogP contribution >= 0.6 is 23.2 Å². The van der Waals surface area contributed by atoms with E-state index in [1.807, 2.05) is 73.8 Å². The van der Waals surface area contributed by atoms with Gasteiger partial charge < -0.3 is 10.2 Å². The van der Waals surface area contributed by atoms with Crippen LogP contribution < -0.4 is 10.2 Å². The fourth-order valence-corrected chi connectivity index (χ4v) is 5.18. The molecule has 31 heavy (non-hydrogen) atoms. The summed E-state index contributed by atoms with van der Waals surface area (Å²) in [5.74, 6) is 0.527. The van der Waals surface area contributed by atoms with E-state index in [-0.39, 0.29) is 17.9 Å². The van der Waals surface area contributed by atoms with Crippen molar-refractivity contribution in [2.24, 2.45) is 5.92 Å². The van der Waals surface area contributed by atoms with Crippen LogP contribution in [-0.4, -0.2) is 13.0 Å². The van der Waals surface area contributed by atoms with Gasteiger partial charge in [0.15, 0.2) is 0 Å². The van der Waals surface area contributed by atoms with E-state index in [0.717, 1.165) is 28.9 Å². The first-order chi connectivity index (χ1) is 15.0. The molecule has 0 aromatic heterocycles. The molecule has 5 heteroatoms. The average molecular weight is 449 g/mol. The molecule has 0 bridgehead atoms. The van der Waals surface area contributed by atoms with Crippen molar-refractivity contribution in [3.63, 3.8) is 0 Å². The summed E-state index contributed by atoms with van der Waals surface area (Å²) < 4.78 is 0. The Morgan fingerprint density at radius 3 is 2.61 bits per heavy atom. The summed E-state index contributed by atoms with van der Waals surface area (Å²) in [6, 6.07) is 21.5. The highest BCUT2D eigenvalue weighted by Gasteiger charge is 2.39. The van der Waals surface area contributed by atoms with Crippen molar-refractivity contribution in [2.75, 3.05) is 17.3 Å². The zero-order valence-electron chi connectivity index (χ0n) is 17.1. The summed E-state index contributed by atoms with van der Waals surface area (Å²) in [7, 11) is 1.81. The first-order valence-corrected chi connectivity index (χ1v) is 11.1. The van der Waals surface area contributed by atoms with Gasteiger partial charge in [0, 0.05) is 29.9 Å². The second kappa shape index (κ2) is 8.07. The minimum atomic E-state index is -0.0208. The van der Waals surface area contributed by atoms with Crippen molar-refractivity contribution in [1.29, 1.82) is 0 Å². The summed E-state index contributed by atoms with van der Waals surface area (Å²) >= 11 is 12.9. The summed E-state index contributed by atoms with van der Waals surface area (Å²) in [6.07, 6.45) is 5.43. The van der Waals surface area contributed by atoms with Crippen molar-refractivity contribution >= 4 is 40.5 Å². The molecule has 3 atom stereocenters. The zero-order valence-corrected chi connectivity index (χ0v) is 18.6. The van der Waals surface area contributed by atoms with Crippen molar-refractivity contribution < 1.29 is 4.79 Å². The molecule has 3 unspecified atom stereocenters. The van der Waals surface area contributed by atoms with Crippen LogP contribution in [0.1, 0.15) is 39.9 Å². The van der Waals surface area contributed by atoms with Crippen LogP contribution in [0.15, 0.2) is 78.9 Å². The third kappa shape index (κ3) is 3.52. The van der Waals surface area contributed by atoms with Crippen molar-refractivity contribution in [3.8, 4) is 0 Å². The van der Waals surface area contributed by atoms with Crippen LogP contribution in [0.3, 0.4) is 0 Å². The Hall–Kier alpha value is -2.75. The minimum Gasteiger partial charge on any atom is -0.378 e. The van der Waals surface area contributed by atoms with Gasteiger partial charge in [0.1, 0.15) is 0 Å². The molecule has 1 aliphatic carbocycles. The molecule has 0 spiro atoms. The minimum absolute atomic E-state index is 0.0208. The number of benzene rings is 3. The number of amides is 1. The number of nitrogens with one attached hydrogen (secondary N) is 1. The van der Waals surface area contributed by atoms with E-state index in [1.54, 1.807) is 4.90 Å². The number of anilines is 2.